The van der Waals surface area contributed by atoms with Gasteiger partial charge in [-0.15, -0.1) is 0 Å². The number of pyridine rings is 1. The number of rotatable bonds is 5. The summed E-state index contributed by atoms with van der Waals surface area (Å²) >= 11 is 0. The van der Waals surface area contributed by atoms with Crippen molar-refractivity contribution in [3.05, 3.63) is 100 Å². The van der Waals surface area contributed by atoms with Gasteiger partial charge in [0.1, 0.15) is 13.2 Å². The molecule has 1 aliphatic carbocycles. The van der Waals surface area contributed by atoms with E-state index in [0.717, 1.165) is 39.7 Å². The first-order valence-corrected chi connectivity index (χ1v) is 12.4. The summed E-state index contributed by atoms with van der Waals surface area (Å²) in [4.78, 5) is 31.2. The Labute approximate surface area is 214 Å². The van der Waals surface area contributed by atoms with Gasteiger partial charge in [-0.2, -0.15) is 0 Å². The van der Waals surface area contributed by atoms with Crippen molar-refractivity contribution in [2.45, 2.75) is 19.8 Å². The predicted octanol–water partition coefficient (Wildman–Crippen LogP) is 5.84. The van der Waals surface area contributed by atoms with Gasteiger partial charge in [0.2, 0.25) is 0 Å². The van der Waals surface area contributed by atoms with E-state index in [1.807, 2.05) is 24.3 Å². The SMILES string of the molecule is Cc1ccc(/C=C2\CCc3c2nc2ccccc2c3C(=O)OCC(=O)c2ccc3c(c2)OCCO3)cc1. The largest absolute Gasteiger partial charge is 0.486 e. The highest BCUT2D eigenvalue weighted by atomic mass is 16.6. The van der Waals surface area contributed by atoms with E-state index < -0.39 is 5.97 Å². The number of para-hydroxylation sites is 1. The van der Waals surface area contributed by atoms with E-state index in [9.17, 15) is 9.59 Å². The zero-order valence-corrected chi connectivity index (χ0v) is 20.5. The molecule has 1 aromatic heterocycles. The van der Waals surface area contributed by atoms with Crippen LogP contribution in [-0.2, 0) is 11.2 Å². The van der Waals surface area contributed by atoms with Crippen LogP contribution in [0.15, 0.2) is 66.7 Å². The molecule has 1 aliphatic heterocycles. The Morgan fingerprint density at radius 3 is 2.57 bits per heavy atom. The van der Waals surface area contributed by atoms with E-state index >= 15 is 0 Å². The molecule has 184 valence electrons. The van der Waals surface area contributed by atoms with Gasteiger partial charge in [-0.3, -0.25) is 4.79 Å². The standard InChI is InChI=1S/C31H25NO5/c1-19-6-8-20(9-7-19)16-22-10-12-24-29(23-4-2-3-5-25(23)32-30(22)24)31(34)37-18-26(33)21-11-13-27-28(17-21)36-15-14-35-27/h2-9,11,13,16-17H,10,12,14-15,18H2,1H3/b22-16+. The summed E-state index contributed by atoms with van der Waals surface area (Å²) in [5, 5.41) is 0.731. The zero-order chi connectivity index (χ0) is 25.4. The molecule has 37 heavy (non-hydrogen) atoms. The average Bonchev–Trinajstić information content (AvgIpc) is 3.32. The number of carbonyl (C=O) groups is 2. The van der Waals surface area contributed by atoms with Gasteiger partial charge in [0.15, 0.2) is 23.9 Å². The van der Waals surface area contributed by atoms with Crippen LogP contribution >= 0.6 is 0 Å². The van der Waals surface area contributed by atoms with Crippen LogP contribution in [0, 0.1) is 6.92 Å². The number of allylic oxidation sites excluding steroid dienone is 1. The summed E-state index contributed by atoms with van der Waals surface area (Å²) in [6, 6.07) is 20.9. The Morgan fingerprint density at radius 2 is 1.73 bits per heavy atom. The van der Waals surface area contributed by atoms with Crippen molar-refractivity contribution in [2.24, 2.45) is 0 Å². The second kappa shape index (κ2) is 9.54. The highest BCUT2D eigenvalue weighted by molar-refractivity contribution is 6.08. The van der Waals surface area contributed by atoms with Gasteiger partial charge in [0.05, 0.1) is 16.8 Å². The number of esters is 1. The minimum atomic E-state index is -0.516. The molecule has 6 nitrogen and oxygen atoms in total. The molecule has 0 bridgehead atoms. The minimum Gasteiger partial charge on any atom is -0.486 e. The molecule has 2 heterocycles. The molecule has 0 radical (unpaired) electrons. The molecule has 3 aromatic carbocycles. The Kier molecular flexibility index (Phi) is 5.93. The number of aryl methyl sites for hydroxylation is 1. The number of hydrogen-bond donors (Lipinski definition) is 0. The molecule has 0 unspecified atom stereocenters. The molecule has 0 amide bonds. The van der Waals surface area contributed by atoms with Crippen LogP contribution in [-0.4, -0.2) is 36.6 Å². The summed E-state index contributed by atoms with van der Waals surface area (Å²) in [5.74, 6) is 0.306. The first kappa shape index (κ1) is 23.0. The van der Waals surface area contributed by atoms with E-state index in [-0.39, 0.29) is 12.4 Å². The van der Waals surface area contributed by atoms with Gasteiger partial charge in [-0.05, 0) is 66.8 Å². The summed E-state index contributed by atoms with van der Waals surface area (Å²) in [6.45, 7) is 2.60. The third-order valence-electron chi connectivity index (χ3n) is 6.76. The summed E-state index contributed by atoms with van der Waals surface area (Å²) in [5.41, 5.74) is 6.70. The number of fused-ring (bicyclic) bond motifs is 3. The molecular weight excluding hydrogens is 466 g/mol. The van der Waals surface area contributed by atoms with Crippen molar-refractivity contribution >= 4 is 34.3 Å². The highest BCUT2D eigenvalue weighted by Crippen LogP contribution is 2.38. The van der Waals surface area contributed by atoms with Crippen molar-refractivity contribution in [1.29, 1.82) is 0 Å². The Morgan fingerprint density at radius 1 is 0.946 bits per heavy atom. The second-order valence-corrected chi connectivity index (χ2v) is 9.27. The van der Waals surface area contributed by atoms with Crippen molar-refractivity contribution in [3.63, 3.8) is 0 Å². The number of benzene rings is 3. The number of ketones is 1. The lowest BCUT2D eigenvalue weighted by molar-refractivity contribution is 0.0475. The third kappa shape index (κ3) is 4.47. The van der Waals surface area contributed by atoms with Crippen molar-refractivity contribution in [1.82, 2.24) is 4.98 Å². The fraction of sp³-hybridized carbons (Fsp3) is 0.194. The molecule has 0 saturated carbocycles. The van der Waals surface area contributed by atoms with E-state index in [4.69, 9.17) is 19.2 Å². The van der Waals surface area contributed by atoms with Crippen LogP contribution in [0.3, 0.4) is 0 Å². The molecule has 2 aliphatic rings. The lowest BCUT2D eigenvalue weighted by Gasteiger charge is -2.18. The van der Waals surface area contributed by atoms with E-state index in [1.54, 1.807) is 18.2 Å². The maximum Gasteiger partial charge on any atom is 0.339 e. The quantitative estimate of drug-likeness (QED) is 0.258. The molecule has 0 spiro atoms. The lowest BCUT2D eigenvalue weighted by atomic mass is 10.0. The number of ether oxygens (including phenoxy) is 3. The van der Waals surface area contributed by atoms with Crippen LogP contribution < -0.4 is 9.47 Å². The molecule has 6 rings (SSSR count). The molecule has 0 atom stereocenters. The minimum absolute atomic E-state index is 0.305. The number of aromatic nitrogens is 1. The third-order valence-corrected chi connectivity index (χ3v) is 6.76. The highest BCUT2D eigenvalue weighted by Gasteiger charge is 2.28. The van der Waals surface area contributed by atoms with Gasteiger partial charge in [0.25, 0.3) is 0 Å². The monoisotopic (exact) mass is 491 g/mol. The maximum absolute atomic E-state index is 13.4. The van der Waals surface area contributed by atoms with Gasteiger partial charge in [0, 0.05) is 10.9 Å². The van der Waals surface area contributed by atoms with Crippen molar-refractivity contribution in [2.75, 3.05) is 19.8 Å². The van der Waals surface area contributed by atoms with Crippen LogP contribution in [0.5, 0.6) is 11.5 Å². The first-order valence-electron chi connectivity index (χ1n) is 12.4. The van der Waals surface area contributed by atoms with Gasteiger partial charge < -0.3 is 14.2 Å². The number of nitrogens with zero attached hydrogens (tertiary/aromatic N) is 1. The van der Waals surface area contributed by atoms with Crippen LogP contribution in [0.25, 0.3) is 22.6 Å². The Balaban J connectivity index is 1.29. The smallest absolute Gasteiger partial charge is 0.339 e. The fourth-order valence-corrected chi connectivity index (χ4v) is 4.88. The number of carbonyl (C=O) groups excluding carboxylic acids is 2. The van der Waals surface area contributed by atoms with Crippen LogP contribution in [0.4, 0.5) is 0 Å². The summed E-state index contributed by atoms with van der Waals surface area (Å²) in [6.07, 6.45) is 3.60. The second-order valence-electron chi connectivity index (χ2n) is 9.27. The van der Waals surface area contributed by atoms with Gasteiger partial charge in [-0.25, -0.2) is 9.78 Å². The fourth-order valence-electron chi connectivity index (χ4n) is 4.88. The van der Waals surface area contributed by atoms with Crippen LogP contribution in [0.1, 0.15) is 49.5 Å². The van der Waals surface area contributed by atoms with Crippen LogP contribution in [0.2, 0.25) is 0 Å². The first-order chi connectivity index (χ1) is 18.1. The topological polar surface area (TPSA) is 74.7 Å². The lowest BCUT2D eigenvalue weighted by Crippen LogP contribution is -2.18. The molecule has 0 saturated heterocycles. The molecule has 0 fully saturated rings. The molecule has 0 N–H and O–H groups in total. The van der Waals surface area contributed by atoms with E-state index in [2.05, 4.69) is 37.3 Å². The van der Waals surface area contributed by atoms with E-state index in [1.165, 1.54) is 5.56 Å². The van der Waals surface area contributed by atoms with Gasteiger partial charge >= 0.3 is 5.97 Å². The Bertz CT molecular complexity index is 1570. The molecule has 6 heteroatoms. The number of Topliss-reactive ketones (excluding diaryl/α,β-unsaturated/α-hetero) is 1. The van der Waals surface area contributed by atoms with Crippen molar-refractivity contribution in [3.8, 4) is 11.5 Å². The Hall–Kier alpha value is -4.45. The van der Waals surface area contributed by atoms with E-state index in [0.29, 0.717) is 42.3 Å². The molecule has 4 aromatic rings. The molecular formula is C31H25NO5. The summed E-state index contributed by atoms with van der Waals surface area (Å²) < 4.78 is 16.7. The van der Waals surface area contributed by atoms with Crippen molar-refractivity contribution < 1.29 is 23.8 Å². The predicted molar refractivity (Wildman–Crippen MR) is 141 cm³/mol. The average molecular weight is 492 g/mol. The zero-order valence-electron chi connectivity index (χ0n) is 20.5. The van der Waals surface area contributed by atoms with Gasteiger partial charge in [-0.1, -0.05) is 48.0 Å². The summed E-state index contributed by atoms with van der Waals surface area (Å²) in [7, 11) is 0. The maximum atomic E-state index is 13.4. The number of hydrogen-bond acceptors (Lipinski definition) is 6. The normalized spacial score (nSPS) is 15.0.